The van der Waals surface area contributed by atoms with E-state index < -0.39 is 53.2 Å². The largest absolute Gasteiger partial charge is 0.416 e. The first-order valence-corrected chi connectivity index (χ1v) is 14.4. The molecule has 3 saturated heterocycles. The Morgan fingerprint density at radius 1 is 0.977 bits per heavy atom. The monoisotopic (exact) mass is 619 g/mol. The van der Waals surface area contributed by atoms with E-state index in [0.717, 1.165) is 25.9 Å². The van der Waals surface area contributed by atoms with Crippen LogP contribution < -0.4 is 0 Å². The smallest absolute Gasteiger partial charge is 0.387 e. The molecule has 5 rings (SSSR count). The van der Waals surface area contributed by atoms with Gasteiger partial charge in [0.2, 0.25) is 0 Å². The number of piperidine rings is 1. The summed E-state index contributed by atoms with van der Waals surface area (Å²) in [5, 5.41) is 10.9. The van der Waals surface area contributed by atoms with Crippen LogP contribution in [0.3, 0.4) is 0 Å². The lowest BCUT2D eigenvalue weighted by Crippen LogP contribution is -2.53. The van der Waals surface area contributed by atoms with Crippen molar-refractivity contribution >= 4 is 0 Å². The van der Waals surface area contributed by atoms with E-state index in [-0.39, 0.29) is 29.6 Å². The van der Waals surface area contributed by atoms with Gasteiger partial charge in [-0.1, -0.05) is 12.1 Å². The lowest BCUT2D eigenvalue weighted by molar-refractivity contribution is -0.211. The predicted molar refractivity (Wildman–Crippen MR) is 142 cm³/mol. The first kappa shape index (κ1) is 32.2. The normalized spacial score (nSPS) is 29.2. The molecule has 1 N–H and O–H groups in total. The van der Waals surface area contributed by atoms with Gasteiger partial charge in [0.1, 0.15) is 5.82 Å². The molecule has 0 saturated carbocycles. The molecule has 0 aromatic heterocycles. The van der Waals surface area contributed by atoms with Gasteiger partial charge in [-0.3, -0.25) is 0 Å². The van der Waals surface area contributed by atoms with Crippen LogP contribution in [0.1, 0.15) is 67.4 Å². The van der Waals surface area contributed by atoms with Crippen molar-refractivity contribution in [2.24, 2.45) is 11.3 Å². The lowest BCUT2D eigenvalue weighted by atomic mass is 9.68. The molecule has 3 heterocycles. The number of likely N-dealkylation sites (tertiary alicyclic amines) is 1. The molecule has 5 atom stereocenters. The van der Waals surface area contributed by atoms with Crippen molar-refractivity contribution in [1.29, 1.82) is 0 Å². The molecule has 3 aliphatic heterocycles. The predicted octanol–water partition coefficient (Wildman–Crippen LogP) is 6.95. The molecular formula is C31H36F7NO4. The fraction of sp³-hybridized carbons (Fsp3) is 0.613. The molecule has 3 fully saturated rings. The number of hydrogen-bond donors (Lipinski definition) is 1. The summed E-state index contributed by atoms with van der Waals surface area (Å²) < 4.78 is 113. The molecule has 0 amide bonds. The van der Waals surface area contributed by atoms with E-state index in [4.69, 9.17) is 14.2 Å². The summed E-state index contributed by atoms with van der Waals surface area (Å²) in [4.78, 5) is 2.29. The van der Waals surface area contributed by atoms with E-state index in [2.05, 4.69) is 4.90 Å². The lowest BCUT2D eigenvalue weighted by Gasteiger charge is -2.47. The highest BCUT2D eigenvalue weighted by Crippen LogP contribution is 2.47. The maximum absolute atomic E-state index is 13.8. The van der Waals surface area contributed by atoms with E-state index in [1.54, 1.807) is 12.1 Å². The molecular weight excluding hydrogens is 583 g/mol. The van der Waals surface area contributed by atoms with Gasteiger partial charge in [0.15, 0.2) is 6.29 Å². The van der Waals surface area contributed by atoms with Crippen LogP contribution in [0.5, 0.6) is 0 Å². The van der Waals surface area contributed by atoms with Crippen molar-refractivity contribution in [3.8, 4) is 0 Å². The van der Waals surface area contributed by atoms with Crippen LogP contribution in [-0.2, 0) is 26.6 Å². The number of alkyl halides is 6. The third-order valence-corrected chi connectivity index (χ3v) is 9.45. The first-order valence-electron chi connectivity index (χ1n) is 14.4. The van der Waals surface area contributed by atoms with Gasteiger partial charge < -0.3 is 24.2 Å². The number of rotatable bonds is 6. The van der Waals surface area contributed by atoms with Crippen LogP contribution in [-0.4, -0.2) is 61.4 Å². The van der Waals surface area contributed by atoms with E-state index in [9.17, 15) is 35.8 Å². The van der Waals surface area contributed by atoms with Crippen LogP contribution in [0.15, 0.2) is 42.5 Å². The number of ether oxygens (including phenoxy) is 3. The van der Waals surface area contributed by atoms with Crippen LogP contribution in [0, 0.1) is 17.2 Å². The zero-order chi connectivity index (χ0) is 31.2. The third-order valence-electron chi connectivity index (χ3n) is 9.45. The quantitative estimate of drug-likeness (QED) is 0.355. The Labute approximate surface area is 245 Å². The number of benzene rings is 2. The summed E-state index contributed by atoms with van der Waals surface area (Å²) >= 11 is 0. The summed E-state index contributed by atoms with van der Waals surface area (Å²) in [6.07, 6.45) is -10.0. The number of halogens is 7. The topological polar surface area (TPSA) is 51.2 Å². The average Bonchev–Trinajstić information content (AvgIpc) is 3.22. The Balaban J connectivity index is 1.37. The van der Waals surface area contributed by atoms with Crippen molar-refractivity contribution in [3.05, 3.63) is 70.5 Å². The molecule has 2 unspecified atom stereocenters. The maximum atomic E-state index is 13.8. The summed E-state index contributed by atoms with van der Waals surface area (Å²) in [5.41, 5.74) is -3.63. The Kier molecular flexibility index (Phi) is 8.92. The van der Waals surface area contributed by atoms with Crippen molar-refractivity contribution in [2.45, 2.75) is 69.4 Å². The molecule has 43 heavy (non-hydrogen) atoms. The van der Waals surface area contributed by atoms with Gasteiger partial charge in [0.05, 0.1) is 42.7 Å². The van der Waals surface area contributed by atoms with Gasteiger partial charge in [0.25, 0.3) is 0 Å². The molecule has 238 valence electrons. The highest BCUT2D eigenvalue weighted by Gasteiger charge is 2.53. The van der Waals surface area contributed by atoms with E-state index in [1.165, 1.54) is 19.1 Å². The van der Waals surface area contributed by atoms with Crippen LogP contribution >= 0.6 is 0 Å². The Morgan fingerprint density at radius 3 is 2.12 bits per heavy atom. The summed E-state index contributed by atoms with van der Waals surface area (Å²) in [6, 6.07) is 7.23. The van der Waals surface area contributed by atoms with Crippen LogP contribution in [0.4, 0.5) is 30.7 Å². The van der Waals surface area contributed by atoms with Gasteiger partial charge in [-0.05, 0) is 93.6 Å². The fourth-order valence-corrected chi connectivity index (χ4v) is 6.71. The first-order chi connectivity index (χ1) is 20.1. The average molecular weight is 620 g/mol. The SMILES string of the molecule is C[C@@H](O[C@H]1OCCC(CN2CCC3(CC2)COCC3(C)O)[C@@H]1c1ccc(F)cc1)c1cc(C(F)(F)F)cc(C(F)(F)F)c1. The number of hydrogen-bond acceptors (Lipinski definition) is 5. The zero-order valence-electron chi connectivity index (χ0n) is 24.0. The Morgan fingerprint density at radius 2 is 1.58 bits per heavy atom. The minimum atomic E-state index is -4.98. The van der Waals surface area contributed by atoms with Gasteiger partial charge in [-0.25, -0.2) is 4.39 Å². The Hall–Kier alpha value is -2.25. The summed E-state index contributed by atoms with van der Waals surface area (Å²) in [6.45, 7) is 6.35. The second-order valence-corrected chi connectivity index (χ2v) is 12.3. The minimum absolute atomic E-state index is 0.0574. The van der Waals surface area contributed by atoms with Crippen LogP contribution in [0.25, 0.3) is 0 Å². The number of nitrogens with zero attached hydrogens (tertiary/aromatic N) is 1. The molecule has 1 spiro atoms. The van der Waals surface area contributed by atoms with Gasteiger partial charge in [-0.15, -0.1) is 0 Å². The second kappa shape index (κ2) is 11.9. The minimum Gasteiger partial charge on any atom is -0.387 e. The zero-order valence-corrected chi connectivity index (χ0v) is 24.0. The molecule has 3 aliphatic rings. The standard InChI is InChI=1S/C31H36F7NO4/c1-19(22-13-23(30(33,34)35)15-24(14-22)31(36,37)38)43-27-26(20-3-5-25(32)6-4-20)21(7-12-42-27)16-39-10-8-29(9-11-39)18-41-17-28(29,2)40/h3-6,13-15,19,21,26-27,40H,7-12,16-18H2,1-2H3/t19-,21?,26+,27-,28?/m1/s1. The fourth-order valence-electron chi connectivity index (χ4n) is 6.71. The number of aliphatic hydroxyl groups is 1. The molecule has 0 radical (unpaired) electrons. The van der Waals surface area contributed by atoms with Crippen molar-refractivity contribution in [3.63, 3.8) is 0 Å². The van der Waals surface area contributed by atoms with Crippen molar-refractivity contribution in [2.75, 3.05) is 39.5 Å². The highest BCUT2D eigenvalue weighted by atomic mass is 19.4. The van der Waals surface area contributed by atoms with Gasteiger partial charge >= 0.3 is 12.4 Å². The highest BCUT2D eigenvalue weighted by molar-refractivity contribution is 5.35. The summed E-state index contributed by atoms with van der Waals surface area (Å²) in [7, 11) is 0. The van der Waals surface area contributed by atoms with Gasteiger partial charge in [-0.2, -0.15) is 26.3 Å². The van der Waals surface area contributed by atoms with Crippen molar-refractivity contribution in [1.82, 2.24) is 4.90 Å². The van der Waals surface area contributed by atoms with E-state index in [1.807, 2.05) is 6.92 Å². The van der Waals surface area contributed by atoms with Crippen molar-refractivity contribution < 1.29 is 50.1 Å². The molecule has 0 aliphatic carbocycles. The van der Waals surface area contributed by atoms with E-state index >= 15 is 0 Å². The molecule has 5 nitrogen and oxygen atoms in total. The summed E-state index contributed by atoms with van der Waals surface area (Å²) in [5.74, 6) is -0.963. The molecule has 2 aromatic rings. The molecule has 12 heteroatoms. The Bertz CT molecular complexity index is 1220. The third kappa shape index (κ3) is 6.88. The van der Waals surface area contributed by atoms with Gasteiger partial charge in [0, 0.05) is 17.9 Å². The van der Waals surface area contributed by atoms with Crippen LogP contribution in [0.2, 0.25) is 0 Å². The maximum Gasteiger partial charge on any atom is 0.416 e. The van der Waals surface area contributed by atoms with E-state index in [0.29, 0.717) is 43.9 Å². The second-order valence-electron chi connectivity index (χ2n) is 12.3. The molecule has 2 aromatic carbocycles. The molecule has 0 bridgehead atoms.